The van der Waals surface area contributed by atoms with E-state index in [9.17, 15) is 19.1 Å². The highest BCUT2D eigenvalue weighted by molar-refractivity contribution is 5.97. The van der Waals surface area contributed by atoms with Crippen LogP contribution in [0.1, 0.15) is 35.0 Å². The van der Waals surface area contributed by atoms with E-state index in [0.29, 0.717) is 11.3 Å². The van der Waals surface area contributed by atoms with Crippen LogP contribution in [-0.2, 0) is 4.79 Å². The summed E-state index contributed by atoms with van der Waals surface area (Å²) in [6.45, 7) is -0.300. The summed E-state index contributed by atoms with van der Waals surface area (Å²) >= 11 is 0. The van der Waals surface area contributed by atoms with Crippen LogP contribution in [0.25, 0.3) is 0 Å². The molecule has 0 saturated heterocycles. The van der Waals surface area contributed by atoms with Crippen LogP contribution < -0.4 is 5.32 Å². The number of Topliss-reactive ketones (excluding diaryl/α,β-unsaturated/α-hetero) is 1. The lowest BCUT2D eigenvalue weighted by Gasteiger charge is -2.13. The zero-order chi connectivity index (χ0) is 15.9. The van der Waals surface area contributed by atoms with Crippen LogP contribution >= 0.6 is 0 Å². The molecule has 22 heavy (non-hydrogen) atoms. The van der Waals surface area contributed by atoms with Gasteiger partial charge in [-0.05, 0) is 36.4 Å². The summed E-state index contributed by atoms with van der Waals surface area (Å²) in [4.78, 5) is 23.7. The largest absolute Gasteiger partial charge is 0.467 e. The molecule has 2 N–H and O–H groups in total. The van der Waals surface area contributed by atoms with Gasteiger partial charge in [0.05, 0.1) is 12.9 Å². The summed E-state index contributed by atoms with van der Waals surface area (Å²) in [6, 6.07) is 7.83. The van der Waals surface area contributed by atoms with Gasteiger partial charge in [0.15, 0.2) is 5.78 Å². The van der Waals surface area contributed by atoms with E-state index in [-0.39, 0.29) is 31.1 Å². The van der Waals surface area contributed by atoms with E-state index in [1.54, 1.807) is 12.1 Å². The number of amides is 1. The zero-order valence-electron chi connectivity index (χ0n) is 11.8. The molecule has 0 spiro atoms. The fraction of sp³-hybridized carbons (Fsp3) is 0.250. The minimum Gasteiger partial charge on any atom is -0.467 e. The summed E-state index contributed by atoms with van der Waals surface area (Å²) in [6.07, 6.45) is 1.43. The summed E-state index contributed by atoms with van der Waals surface area (Å²) in [5.74, 6) is -0.584. The second-order valence-corrected chi connectivity index (χ2v) is 4.75. The van der Waals surface area contributed by atoms with Crippen molar-refractivity contribution in [3.05, 3.63) is 59.8 Å². The molecule has 1 heterocycles. The van der Waals surface area contributed by atoms with Gasteiger partial charge < -0.3 is 14.8 Å². The first-order chi connectivity index (χ1) is 10.6. The minimum atomic E-state index is -0.636. The molecular weight excluding hydrogens is 289 g/mol. The van der Waals surface area contributed by atoms with Crippen molar-refractivity contribution in [2.24, 2.45) is 0 Å². The highest BCUT2D eigenvalue weighted by Gasteiger charge is 2.17. The molecule has 2 aromatic rings. The molecule has 0 saturated carbocycles. The van der Waals surface area contributed by atoms with Crippen molar-refractivity contribution in [2.75, 3.05) is 6.61 Å². The van der Waals surface area contributed by atoms with Gasteiger partial charge in [-0.15, -0.1) is 0 Å². The van der Waals surface area contributed by atoms with Crippen LogP contribution in [0.15, 0.2) is 47.1 Å². The molecule has 6 heteroatoms. The predicted octanol–water partition coefficient (Wildman–Crippen LogP) is 2.23. The number of furan rings is 1. The van der Waals surface area contributed by atoms with Crippen LogP contribution in [0.2, 0.25) is 0 Å². The van der Waals surface area contributed by atoms with Gasteiger partial charge in [-0.2, -0.15) is 0 Å². The Balaban J connectivity index is 1.84. The van der Waals surface area contributed by atoms with Crippen molar-refractivity contribution in [3.8, 4) is 0 Å². The average Bonchev–Trinajstić information content (AvgIpc) is 3.05. The lowest BCUT2D eigenvalue weighted by atomic mass is 10.1. The minimum absolute atomic E-state index is 0.00771. The monoisotopic (exact) mass is 305 g/mol. The van der Waals surface area contributed by atoms with Crippen molar-refractivity contribution >= 4 is 11.7 Å². The fourth-order valence-corrected chi connectivity index (χ4v) is 1.97. The van der Waals surface area contributed by atoms with Gasteiger partial charge >= 0.3 is 0 Å². The summed E-state index contributed by atoms with van der Waals surface area (Å²) in [5, 5.41) is 11.8. The first kappa shape index (κ1) is 15.9. The smallest absolute Gasteiger partial charge is 0.221 e. The van der Waals surface area contributed by atoms with Crippen molar-refractivity contribution in [2.45, 2.75) is 18.9 Å². The molecule has 1 unspecified atom stereocenters. The molecule has 2 rings (SSSR count). The van der Waals surface area contributed by atoms with Crippen LogP contribution in [-0.4, -0.2) is 23.4 Å². The van der Waals surface area contributed by atoms with Gasteiger partial charge in [-0.1, -0.05) is 0 Å². The van der Waals surface area contributed by atoms with Crippen molar-refractivity contribution in [1.29, 1.82) is 0 Å². The Bertz CT molecular complexity index is 622. The molecule has 5 nitrogen and oxygen atoms in total. The molecule has 0 fully saturated rings. The zero-order valence-corrected chi connectivity index (χ0v) is 11.8. The topological polar surface area (TPSA) is 79.5 Å². The quantitative estimate of drug-likeness (QED) is 0.769. The SMILES string of the molecule is O=C(CCC(=O)c1ccc(F)cc1)NC(CO)c1ccco1. The summed E-state index contributed by atoms with van der Waals surface area (Å²) in [5.41, 5.74) is 0.360. The molecule has 1 aromatic heterocycles. The van der Waals surface area contributed by atoms with E-state index in [1.165, 1.54) is 30.5 Å². The number of carbonyl (C=O) groups is 2. The molecule has 116 valence electrons. The Labute approximate surface area is 126 Å². The second kappa shape index (κ2) is 7.51. The number of aliphatic hydroxyl groups is 1. The van der Waals surface area contributed by atoms with Gasteiger partial charge in [0.2, 0.25) is 5.91 Å². The second-order valence-electron chi connectivity index (χ2n) is 4.75. The van der Waals surface area contributed by atoms with Gasteiger partial charge in [-0.25, -0.2) is 4.39 Å². The number of hydrogen-bond donors (Lipinski definition) is 2. The van der Waals surface area contributed by atoms with Crippen LogP contribution in [0.3, 0.4) is 0 Å². The summed E-state index contributed by atoms with van der Waals surface area (Å²) < 4.78 is 17.9. The standard InChI is InChI=1S/C16H16FNO4/c17-12-5-3-11(4-6-12)14(20)7-8-16(21)18-13(10-19)15-2-1-9-22-15/h1-6,9,13,19H,7-8,10H2,(H,18,21). The normalized spacial score (nSPS) is 11.9. The maximum Gasteiger partial charge on any atom is 0.221 e. The Morgan fingerprint density at radius 2 is 1.91 bits per heavy atom. The Kier molecular flexibility index (Phi) is 5.43. The fourth-order valence-electron chi connectivity index (χ4n) is 1.97. The number of halogens is 1. The van der Waals surface area contributed by atoms with E-state index >= 15 is 0 Å². The molecule has 1 aromatic carbocycles. The maximum atomic E-state index is 12.8. The molecule has 0 aliphatic carbocycles. The molecule has 0 radical (unpaired) electrons. The first-order valence-corrected chi connectivity index (χ1v) is 6.82. The third-order valence-electron chi connectivity index (χ3n) is 3.15. The highest BCUT2D eigenvalue weighted by Crippen LogP contribution is 2.13. The first-order valence-electron chi connectivity index (χ1n) is 6.82. The third-order valence-corrected chi connectivity index (χ3v) is 3.15. The van der Waals surface area contributed by atoms with Crippen LogP contribution in [0.5, 0.6) is 0 Å². The predicted molar refractivity (Wildman–Crippen MR) is 76.6 cm³/mol. The highest BCUT2D eigenvalue weighted by atomic mass is 19.1. The Hall–Kier alpha value is -2.47. The molecule has 1 amide bonds. The van der Waals surface area contributed by atoms with E-state index < -0.39 is 11.9 Å². The Morgan fingerprint density at radius 1 is 1.18 bits per heavy atom. The van der Waals surface area contributed by atoms with Crippen molar-refractivity contribution in [1.82, 2.24) is 5.32 Å². The van der Waals surface area contributed by atoms with E-state index in [1.807, 2.05) is 0 Å². The molecule has 1 atom stereocenters. The van der Waals surface area contributed by atoms with Crippen LogP contribution in [0, 0.1) is 5.82 Å². The summed E-state index contributed by atoms with van der Waals surface area (Å²) in [7, 11) is 0. The molecule has 0 aliphatic heterocycles. The third kappa shape index (κ3) is 4.26. The van der Waals surface area contributed by atoms with E-state index in [2.05, 4.69) is 5.32 Å². The lowest BCUT2D eigenvalue weighted by Crippen LogP contribution is -2.30. The van der Waals surface area contributed by atoms with Crippen molar-refractivity contribution < 1.29 is 23.5 Å². The van der Waals surface area contributed by atoms with Crippen molar-refractivity contribution in [3.63, 3.8) is 0 Å². The number of nitrogens with one attached hydrogen (secondary N) is 1. The molecule has 0 bridgehead atoms. The number of aliphatic hydroxyl groups excluding tert-OH is 1. The number of carbonyl (C=O) groups excluding carboxylic acids is 2. The lowest BCUT2D eigenvalue weighted by molar-refractivity contribution is -0.122. The van der Waals surface area contributed by atoms with Gasteiger partial charge in [0, 0.05) is 18.4 Å². The van der Waals surface area contributed by atoms with Crippen LogP contribution in [0.4, 0.5) is 4.39 Å². The van der Waals surface area contributed by atoms with Gasteiger partial charge in [0.1, 0.15) is 17.6 Å². The van der Waals surface area contributed by atoms with E-state index in [0.717, 1.165) is 0 Å². The van der Waals surface area contributed by atoms with Gasteiger partial charge in [-0.3, -0.25) is 9.59 Å². The average molecular weight is 305 g/mol. The maximum absolute atomic E-state index is 12.8. The van der Waals surface area contributed by atoms with Gasteiger partial charge in [0.25, 0.3) is 0 Å². The van der Waals surface area contributed by atoms with E-state index in [4.69, 9.17) is 4.42 Å². The number of ketones is 1. The number of rotatable bonds is 7. The molecule has 0 aliphatic rings. The Morgan fingerprint density at radius 3 is 2.50 bits per heavy atom. The molecular formula is C16H16FNO4. The number of benzene rings is 1. The number of hydrogen-bond acceptors (Lipinski definition) is 4.